The highest BCUT2D eigenvalue weighted by Gasteiger charge is 2.28. The second-order valence-corrected chi connectivity index (χ2v) is 8.10. The van der Waals surface area contributed by atoms with Crippen LogP contribution in [0.25, 0.3) is 0 Å². The van der Waals surface area contributed by atoms with Crippen molar-refractivity contribution in [2.45, 2.75) is 26.3 Å². The Hall–Kier alpha value is -2.15. The van der Waals surface area contributed by atoms with Gasteiger partial charge >= 0.3 is 0 Å². The van der Waals surface area contributed by atoms with Crippen molar-refractivity contribution >= 4 is 27.2 Å². The Balaban J connectivity index is 1.78. The molecule has 23 heavy (non-hydrogen) atoms. The standard InChI is InChI=1S/C16H20N4O2S/c1-11-5-3-4-6-14(11)20-16-9-15(17-12(2)18-16)19-13-7-8-23(21,22)10-13/h3-6,9,13H,7-8,10H2,1-2H3,(H2,17,18,19,20). The summed E-state index contributed by atoms with van der Waals surface area (Å²) in [6.45, 7) is 3.85. The Kier molecular flexibility index (Phi) is 4.21. The lowest BCUT2D eigenvalue weighted by atomic mass is 10.2. The Morgan fingerprint density at radius 1 is 1.13 bits per heavy atom. The molecule has 0 spiro atoms. The van der Waals surface area contributed by atoms with E-state index >= 15 is 0 Å². The van der Waals surface area contributed by atoms with E-state index in [4.69, 9.17) is 0 Å². The minimum absolute atomic E-state index is 0.0828. The van der Waals surface area contributed by atoms with Gasteiger partial charge in [0.15, 0.2) is 9.84 Å². The van der Waals surface area contributed by atoms with Gasteiger partial charge in [-0.05, 0) is 31.9 Å². The quantitative estimate of drug-likeness (QED) is 0.894. The second-order valence-electron chi connectivity index (χ2n) is 5.87. The number of aromatic nitrogens is 2. The number of anilines is 3. The summed E-state index contributed by atoms with van der Waals surface area (Å²) in [6, 6.07) is 9.69. The molecule has 0 aliphatic carbocycles. The predicted octanol–water partition coefficient (Wildman–Crippen LogP) is 2.44. The molecule has 122 valence electrons. The average molecular weight is 332 g/mol. The van der Waals surface area contributed by atoms with Crippen LogP contribution >= 0.6 is 0 Å². The summed E-state index contributed by atoms with van der Waals surface area (Å²) in [5, 5.41) is 6.49. The average Bonchev–Trinajstić information content (AvgIpc) is 2.80. The number of nitrogens with one attached hydrogen (secondary N) is 2. The number of nitrogens with zero attached hydrogens (tertiary/aromatic N) is 2. The van der Waals surface area contributed by atoms with E-state index in [1.54, 1.807) is 0 Å². The molecule has 2 aromatic rings. The fourth-order valence-corrected chi connectivity index (χ4v) is 4.35. The van der Waals surface area contributed by atoms with Crippen LogP contribution in [-0.4, -0.2) is 35.9 Å². The van der Waals surface area contributed by atoms with Gasteiger partial charge in [0, 0.05) is 17.8 Å². The third-order valence-electron chi connectivity index (χ3n) is 3.83. The van der Waals surface area contributed by atoms with Gasteiger partial charge in [0.05, 0.1) is 11.5 Å². The van der Waals surface area contributed by atoms with Gasteiger partial charge in [-0.25, -0.2) is 18.4 Å². The smallest absolute Gasteiger partial charge is 0.152 e. The van der Waals surface area contributed by atoms with Crippen molar-refractivity contribution in [1.82, 2.24) is 9.97 Å². The molecule has 1 saturated heterocycles. The molecule has 0 radical (unpaired) electrons. The van der Waals surface area contributed by atoms with E-state index < -0.39 is 9.84 Å². The van der Waals surface area contributed by atoms with Crippen LogP contribution in [0.3, 0.4) is 0 Å². The third-order valence-corrected chi connectivity index (χ3v) is 5.60. The van der Waals surface area contributed by atoms with Crippen LogP contribution in [0.15, 0.2) is 30.3 Å². The van der Waals surface area contributed by atoms with Crippen LogP contribution in [0.5, 0.6) is 0 Å². The van der Waals surface area contributed by atoms with E-state index in [0.717, 1.165) is 11.3 Å². The van der Waals surface area contributed by atoms with Crippen molar-refractivity contribution in [1.29, 1.82) is 0 Å². The van der Waals surface area contributed by atoms with Crippen molar-refractivity contribution < 1.29 is 8.42 Å². The molecule has 1 fully saturated rings. The monoisotopic (exact) mass is 332 g/mol. The SMILES string of the molecule is Cc1nc(Nc2ccccc2C)cc(NC2CCS(=O)(=O)C2)n1. The van der Waals surface area contributed by atoms with Gasteiger partial charge in [0.25, 0.3) is 0 Å². The minimum Gasteiger partial charge on any atom is -0.366 e. The summed E-state index contributed by atoms with van der Waals surface area (Å²) in [4.78, 5) is 8.75. The topological polar surface area (TPSA) is 84.0 Å². The first kappa shape index (κ1) is 15.7. The largest absolute Gasteiger partial charge is 0.366 e. The molecule has 1 aromatic carbocycles. The van der Waals surface area contributed by atoms with Gasteiger partial charge in [0.1, 0.15) is 17.5 Å². The molecule has 0 bridgehead atoms. The fourth-order valence-electron chi connectivity index (χ4n) is 2.67. The van der Waals surface area contributed by atoms with Gasteiger partial charge in [-0.2, -0.15) is 0 Å². The molecular formula is C16H20N4O2S. The molecule has 7 heteroatoms. The lowest BCUT2D eigenvalue weighted by Gasteiger charge is -2.14. The number of benzene rings is 1. The maximum absolute atomic E-state index is 11.6. The van der Waals surface area contributed by atoms with Gasteiger partial charge in [-0.1, -0.05) is 18.2 Å². The zero-order valence-corrected chi connectivity index (χ0v) is 14.0. The summed E-state index contributed by atoms with van der Waals surface area (Å²) >= 11 is 0. The number of aryl methyl sites for hydroxylation is 2. The third kappa shape index (κ3) is 3.98. The van der Waals surface area contributed by atoms with E-state index in [-0.39, 0.29) is 17.5 Å². The van der Waals surface area contributed by atoms with Crippen molar-refractivity contribution in [2.75, 3.05) is 22.1 Å². The van der Waals surface area contributed by atoms with E-state index in [0.29, 0.717) is 23.9 Å². The van der Waals surface area contributed by atoms with E-state index in [2.05, 4.69) is 20.6 Å². The van der Waals surface area contributed by atoms with Crippen LogP contribution in [0.2, 0.25) is 0 Å². The van der Waals surface area contributed by atoms with E-state index in [1.165, 1.54) is 0 Å². The summed E-state index contributed by atoms with van der Waals surface area (Å²) < 4.78 is 23.1. The zero-order chi connectivity index (χ0) is 16.4. The number of para-hydroxylation sites is 1. The van der Waals surface area contributed by atoms with Gasteiger partial charge in [-0.3, -0.25) is 0 Å². The highest BCUT2D eigenvalue weighted by atomic mass is 32.2. The van der Waals surface area contributed by atoms with Crippen LogP contribution in [-0.2, 0) is 9.84 Å². The number of hydrogen-bond acceptors (Lipinski definition) is 6. The first-order chi connectivity index (χ1) is 10.9. The molecule has 1 aliphatic heterocycles. The van der Waals surface area contributed by atoms with Crippen LogP contribution in [0.4, 0.5) is 17.3 Å². The first-order valence-electron chi connectivity index (χ1n) is 7.56. The van der Waals surface area contributed by atoms with E-state index in [1.807, 2.05) is 44.2 Å². The summed E-state index contributed by atoms with van der Waals surface area (Å²) in [6.07, 6.45) is 0.617. The van der Waals surface area contributed by atoms with Crippen LogP contribution < -0.4 is 10.6 Å². The number of rotatable bonds is 4. The Bertz CT molecular complexity index is 821. The van der Waals surface area contributed by atoms with Gasteiger partial charge in [0.2, 0.25) is 0 Å². The minimum atomic E-state index is -2.91. The van der Waals surface area contributed by atoms with Crippen LogP contribution in [0, 0.1) is 13.8 Å². The highest BCUT2D eigenvalue weighted by molar-refractivity contribution is 7.91. The predicted molar refractivity (Wildman–Crippen MR) is 91.9 cm³/mol. The first-order valence-corrected chi connectivity index (χ1v) is 9.39. The molecule has 6 nitrogen and oxygen atoms in total. The lowest BCUT2D eigenvalue weighted by molar-refractivity contribution is 0.602. The number of sulfone groups is 1. The Morgan fingerprint density at radius 2 is 1.87 bits per heavy atom. The number of hydrogen-bond donors (Lipinski definition) is 2. The van der Waals surface area contributed by atoms with Crippen molar-refractivity contribution in [3.05, 3.63) is 41.7 Å². The Labute approximate surface area is 136 Å². The second kappa shape index (κ2) is 6.16. The Morgan fingerprint density at radius 3 is 2.57 bits per heavy atom. The van der Waals surface area contributed by atoms with Crippen molar-refractivity contribution in [3.63, 3.8) is 0 Å². The molecular weight excluding hydrogens is 312 g/mol. The van der Waals surface area contributed by atoms with Gasteiger partial charge < -0.3 is 10.6 Å². The summed E-state index contributed by atoms with van der Waals surface area (Å²) in [7, 11) is -2.91. The summed E-state index contributed by atoms with van der Waals surface area (Å²) in [5.41, 5.74) is 2.11. The summed E-state index contributed by atoms with van der Waals surface area (Å²) in [5.74, 6) is 2.37. The molecule has 3 rings (SSSR count). The lowest BCUT2D eigenvalue weighted by Crippen LogP contribution is -2.21. The molecule has 2 N–H and O–H groups in total. The van der Waals surface area contributed by atoms with Crippen molar-refractivity contribution in [3.8, 4) is 0 Å². The molecule has 0 saturated carbocycles. The maximum atomic E-state index is 11.6. The highest BCUT2D eigenvalue weighted by Crippen LogP contribution is 2.22. The zero-order valence-electron chi connectivity index (χ0n) is 13.2. The fraction of sp³-hybridized carbons (Fsp3) is 0.375. The van der Waals surface area contributed by atoms with Gasteiger partial charge in [-0.15, -0.1) is 0 Å². The normalized spacial score (nSPS) is 19.5. The molecule has 1 unspecified atom stereocenters. The molecule has 2 heterocycles. The molecule has 1 aromatic heterocycles. The molecule has 0 amide bonds. The van der Waals surface area contributed by atoms with Crippen LogP contribution in [0.1, 0.15) is 17.8 Å². The van der Waals surface area contributed by atoms with Crippen molar-refractivity contribution in [2.24, 2.45) is 0 Å². The maximum Gasteiger partial charge on any atom is 0.152 e. The van der Waals surface area contributed by atoms with E-state index in [9.17, 15) is 8.42 Å². The molecule has 1 aliphatic rings. The molecule has 1 atom stereocenters.